The van der Waals surface area contributed by atoms with Crippen LogP contribution in [0.2, 0.25) is 0 Å². The third-order valence-corrected chi connectivity index (χ3v) is 4.52. The van der Waals surface area contributed by atoms with Crippen molar-refractivity contribution >= 4 is 11.8 Å². The number of benzene rings is 2. The normalized spacial score (nSPS) is 11.9. The monoisotopic (exact) mass is 366 g/mol. The second-order valence-corrected chi connectivity index (χ2v) is 7.33. The van der Waals surface area contributed by atoms with Gasteiger partial charge in [-0.2, -0.15) is 0 Å². The molecule has 27 heavy (non-hydrogen) atoms. The highest BCUT2D eigenvalue weighted by molar-refractivity contribution is 5.88. The van der Waals surface area contributed by atoms with Crippen LogP contribution in [0.4, 0.5) is 0 Å². The summed E-state index contributed by atoms with van der Waals surface area (Å²) in [4.78, 5) is 27.2. The molecule has 0 saturated heterocycles. The molecule has 1 N–H and O–H groups in total. The Morgan fingerprint density at radius 2 is 1.63 bits per heavy atom. The van der Waals surface area contributed by atoms with Gasteiger partial charge in [0.05, 0.1) is 6.42 Å². The average Bonchev–Trinajstić information content (AvgIpc) is 2.62. The summed E-state index contributed by atoms with van der Waals surface area (Å²) in [5.74, 6) is -0.140. The summed E-state index contributed by atoms with van der Waals surface area (Å²) in [6, 6.07) is 17.5. The fourth-order valence-electron chi connectivity index (χ4n) is 3.07. The zero-order valence-electron chi connectivity index (χ0n) is 16.7. The summed E-state index contributed by atoms with van der Waals surface area (Å²) < 4.78 is 0. The Hall–Kier alpha value is -2.62. The first-order chi connectivity index (χ1) is 12.9. The van der Waals surface area contributed by atoms with E-state index in [0.717, 1.165) is 23.1 Å². The van der Waals surface area contributed by atoms with E-state index >= 15 is 0 Å². The average molecular weight is 367 g/mol. The minimum absolute atomic E-state index is 0.0251. The SMILES string of the molecule is Cc1cccc(CC(=O)N(CCc2ccccc2)[C@H](C)C(=O)NC(C)C)c1. The summed E-state index contributed by atoms with van der Waals surface area (Å²) in [5.41, 5.74) is 3.25. The van der Waals surface area contributed by atoms with Crippen LogP contribution in [0.1, 0.15) is 37.5 Å². The van der Waals surface area contributed by atoms with Crippen LogP contribution in [0.3, 0.4) is 0 Å². The lowest BCUT2D eigenvalue weighted by Crippen LogP contribution is -2.50. The van der Waals surface area contributed by atoms with Gasteiger partial charge in [-0.15, -0.1) is 0 Å². The third kappa shape index (κ3) is 6.55. The molecular formula is C23H30N2O2. The van der Waals surface area contributed by atoms with Crippen molar-refractivity contribution in [1.29, 1.82) is 0 Å². The van der Waals surface area contributed by atoms with Gasteiger partial charge in [0.1, 0.15) is 6.04 Å². The first kappa shape index (κ1) is 20.7. The molecule has 2 aromatic carbocycles. The number of hydrogen-bond acceptors (Lipinski definition) is 2. The van der Waals surface area contributed by atoms with Gasteiger partial charge in [-0.1, -0.05) is 60.2 Å². The van der Waals surface area contributed by atoms with Crippen molar-refractivity contribution in [1.82, 2.24) is 10.2 Å². The highest BCUT2D eigenvalue weighted by atomic mass is 16.2. The van der Waals surface area contributed by atoms with Crippen molar-refractivity contribution in [2.75, 3.05) is 6.54 Å². The third-order valence-electron chi connectivity index (χ3n) is 4.52. The Balaban J connectivity index is 2.14. The van der Waals surface area contributed by atoms with Crippen LogP contribution < -0.4 is 5.32 Å². The predicted octanol–water partition coefficient (Wildman–Crippen LogP) is 3.52. The van der Waals surface area contributed by atoms with E-state index in [1.807, 2.05) is 75.4 Å². The second kappa shape index (κ2) is 9.91. The molecule has 0 fully saturated rings. The van der Waals surface area contributed by atoms with Crippen LogP contribution >= 0.6 is 0 Å². The maximum atomic E-state index is 13.0. The number of amides is 2. The second-order valence-electron chi connectivity index (χ2n) is 7.33. The molecule has 1 atom stereocenters. The quantitative estimate of drug-likeness (QED) is 0.777. The summed E-state index contributed by atoms with van der Waals surface area (Å²) in [7, 11) is 0. The van der Waals surface area contributed by atoms with Crippen LogP contribution in [0, 0.1) is 6.92 Å². The number of carbonyl (C=O) groups excluding carboxylic acids is 2. The van der Waals surface area contributed by atoms with Crippen LogP contribution in [0.15, 0.2) is 54.6 Å². The molecule has 2 aromatic rings. The van der Waals surface area contributed by atoms with Crippen molar-refractivity contribution in [3.8, 4) is 0 Å². The number of nitrogens with one attached hydrogen (secondary N) is 1. The molecule has 0 heterocycles. The van der Waals surface area contributed by atoms with Gasteiger partial charge in [-0.25, -0.2) is 0 Å². The molecule has 0 aliphatic rings. The predicted molar refractivity (Wildman–Crippen MR) is 109 cm³/mol. The fourth-order valence-corrected chi connectivity index (χ4v) is 3.07. The fraction of sp³-hybridized carbons (Fsp3) is 0.391. The Bertz CT molecular complexity index is 756. The Morgan fingerprint density at radius 3 is 2.26 bits per heavy atom. The molecule has 0 aliphatic heterocycles. The number of carbonyl (C=O) groups is 2. The van der Waals surface area contributed by atoms with Crippen molar-refractivity contribution in [3.05, 3.63) is 71.3 Å². The molecular weight excluding hydrogens is 336 g/mol. The smallest absolute Gasteiger partial charge is 0.242 e. The van der Waals surface area contributed by atoms with Gasteiger partial charge in [0.25, 0.3) is 0 Å². The topological polar surface area (TPSA) is 49.4 Å². The summed E-state index contributed by atoms with van der Waals surface area (Å²) in [6.07, 6.45) is 1.02. The molecule has 4 heteroatoms. The van der Waals surface area contributed by atoms with Crippen molar-refractivity contribution in [2.45, 2.75) is 52.6 Å². The molecule has 2 amide bonds. The van der Waals surface area contributed by atoms with E-state index in [0.29, 0.717) is 13.0 Å². The molecule has 2 rings (SSSR count). The standard InChI is InChI=1S/C23H30N2O2/c1-17(2)24-23(27)19(4)25(14-13-20-10-6-5-7-11-20)22(26)16-21-12-8-9-18(3)15-21/h5-12,15,17,19H,13-14,16H2,1-4H3,(H,24,27)/t19-/m1/s1. The number of aryl methyl sites for hydroxylation is 1. The minimum atomic E-state index is -0.506. The molecule has 144 valence electrons. The lowest BCUT2D eigenvalue weighted by atomic mass is 10.1. The van der Waals surface area contributed by atoms with Gasteiger partial charge in [0, 0.05) is 12.6 Å². The first-order valence-electron chi connectivity index (χ1n) is 9.56. The molecule has 0 aliphatic carbocycles. The van der Waals surface area contributed by atoms with Crippen molar-refractivity contribution in [2.24, 2.45) is 0 Å². The van der Waals surface area contributed by atoms with Crippen molar-refractivity contribution in [3.63, 3.8) is 0 Å². The largest absolute Gasteiger partial charge is 0.352 e. The van der Waals surface area contributed by atoms with E-state index in [2.05, 4.69) is 5.32 Å². The Morgan fingerprint density at radius 1 is 0.963 bits per heavy atom. The maximum absolute atomic E-state index is 13.0. The minimum Gasteiger partial charge on any atom is -0.352 e. The van der Waals surface area contributed by atoms with Gasteiger partial charge in [-0.3, -0.25) is 9.59 Å². The van der Waals surface area contributed by atoms with E-state index in [4.69, 9.17) is 0 Å². The first-order valence-corrected chi connectivity index (χ1v) is 9.56. The highest BCUT2D eigenvalue weighted by Crippen LogP contribution is 2.11. The number of rotatable bonds is 8. The van der Waals surface area contributed by atoms with E-state index in [9.17, 15) is 9.59 Å². The lowest BCUT2D eigenvalue weighted by Gasteiger charge is -2.29. The van der Waals surface area contributed by atoms with E-state index in [1.165, 1.54) is 0 Å². The van der Waals surface area contributed by atoms with Crippen LogP contribution in [0.25, 0.3) is 0 Å². The van der Waals surface area contributed by atoms with E-state index in [1.54, 1.807) is 11.8 Å². The molecule has 0 unspecified atom stereocenters. The summed E-state index contributed by atoms with van der Waals surface area (Å²) in [5, 5.41) is 2.92. The highest BCUT2D eigenvalue weighted by Gasteiger charge is 2.26. The van der Waals surface area contributed by atoms with E-state index in [-0.39, 0.29) is 17.9 Å². The maximum Gasteiger partial charge on any atom is 0.242 e. The van der Waals surface area contributed by atoms with Crippen LogP contribution in [0.5, 0.6) is 0 Å². The van der Waals surface area contributed by atoms with Gasteiger partial charge in [0.15, 0.2) is 0 Å². The molecule has 0 radical (unpaired) electrons. The molecule has 4 nitrogen and oxygen atoms in total. The number of hydrogen-bond donors (Lipinski definition) is 1. The van der Waals surface area contributed by atoms with Gasteiger partial charge < -0.3 is 10.2 Å². The molecule has 0 saturated carbocycles. The zero-order chi connectivity index (χ0) is 19.8. The van der Waals surface area contributed by atoms with Crippen molar-refractivity contribution < 1.29 is 9.59 Å². The van der Waals surface area contributed by atoms with E-state index < -0.39 is 6.04 Å². The Labute approximate surface area is 162 Å². The summed E-state index contributed by atoms with van der Waals surface area (Å²) >= 11 is 0. The zero-order valence-corrected chi connectivity index (χ0v) is 16.7. The lowest BCUT2D eigenvalue weighted by molar-refractivity contribution is -0.139. The Kier molecular flexibility index (Phi) is 7.59. The van der Waals surface area contributed by atoms with Crippen LogP contribution in [-0.4, -0.2) is 35.3 Å². The number of nitrogens with zero attached hydrogens (tertiary/aromatic N) is 1. The molecule has 0 bridgehead atoms. The molecule has 0 spiro atoms. The van der Waals surface area contributed by atoms with Gasteiger partial charge in [-0.05, 0) is 45.2 Å². The van der Waals surface area contributed by atoms with Crippen LogP contribution in [-0.2, 0) is 22.4 Å². The summed E-state index contributed by atoms with van der Waals surface area (Å²) in [6.45, 7) is 8.18. The van der Waals surface area contributed by atoms with Gasteiger partial charge >= 0.3 is 0 Å². The molecule has 0 aromatic heterocycles. The van der Waals surface area contributed by atoms with Gasteiger partial charge in [0.2, 0.25) is 11.8 Å².